The Kier molecular flexibility index (Phi) is 6.75. The molecule has 100 valence electrons. The summed E-state index contributed by atoms with van der Waals surface area (Å²) in [5.41, 5.74) is 0.957. The predicted molar refractivity (Wildman–Crippen MR) is 75.3 cm³/mol. The van der Waals surface area contributed by atoms with Crippen LogP contribution in [0.4, 0.5) is 5.69 Å². The predicted octanol–water partition coefficient (Wildman–Crippen LogP) is 3.38. The van der Waals surface area contributed by atoms with Gasteiger partial charge in [-0.05, 0) is 37.5 Å². The highest BCUT2D eigenvalue weighted by molar-refractivity contribution is 9.10. The molecule has 0 spiro atoms. The highest BCUT2D eigenvalue weighted by Crippen LogP contribution is 2.21. The molecule has 2 N–H and O–H groups in total. The molecule has 1 rings (SSSR count). The average Bonchev–Trinajstić information content (AvgIpc) is 2.35. The lowest BCUT2D eigenvalue weighted by molar-refractivity contribution is 0.0698. The van der Waals surface area contributed by atoms with Gasteiger partial charge in [0.1, 0.15) is 0 Å². The van der Waals surface area contributed by atoms with E-state index in [1.54, 1.807) is 19.2 Å². The second kappa shape index (κ2) is 8.11. The first-order chi connectivity index (χ1) is 8.65. The molecule has 0 amide bonds. The van der Waals surface area contributed by atoms with Gasteiger partial charge in [0.15, 0.2) is 0 Å². The summed E-state index contributed by atoms with van der Waals surface area (Å²) < 4.78 is 5.74. The van der Waals surface area contributed by atoms with Crippen molar-refractivity contribution >= 4 is 27.6 Å². The standard InChI is InChI=1S/C13H18BrNO3/c1-18-8-4-2-3-7-15-12-6-5-10(14)9-11(12)13(16)17/h5-6,9,15H,2-4,7-8H2,1H3,(H,16,17). The van der Waals surface area contributed by atoms with Crippen molar-refractivity contribution in [3.63, 3.8) is 0 Å². The number of unbranched alkanes of at least 4 members (excludes halogenated alkanes) is 2. The number of aromatic carboxylic acids is 1. The van der Waals surface area contributed by atoms with Crippen molar-refractivity contribution in [1.29, 1.82) is 0 Å². The van der Waals surface area contributed by atoms with Crippen LogP contribution in [0.2, 0.25) is 0 Å². The number of benzene rings is 1. The van der Waals surface area contributed by atoms with Crippen molar-refractivity contribution in [1.82, 2.24) is 0 Å². The van der Waals surface area contributed by atoms with E-state index in [1.807, 2.05) is 6.07 Å². The van der Waals surface area contributed by atoms with Crippen molar-refractivity contribution in [2.24, 2.45) is 0 Å². The van der Waals surface area contributed by atoms with Crippen LogP contribution in [0.25, 0.3) is 0 Å². The van der Waals surface area contributed by atoms with E-state index < -0.39 is 5.97 Å². The highest BCUT2D eigenvalue weighted by atomic mass is 79.9. The highest BCUT2D eigenvalue weighted by Gasteiger charge is 2.09. The smallest absolute Gasteiger partial charge is 0.337 e. The van der Waals surface area contributed by atoms with E-state index in [-0.39, 0.29) is 0 Å². The lowest BCUT2D eigenvalue weighted by atomic mass is 10.1. The normalized spacial score (nSPS) is 10.3. The van der Waals surface area contributed by atoms with E-state index in [2.05, 4.69) is 21.2 Å². The Morgan fingerprint density at radius 1 is 1.39 bits per heavy atom. The molecule has 0 aliphatic carbocycles. The van der Waals surface area contributed by atoms with Crippen LogP contribution in [0.5, 0.6) is 0 Å². The lowest BCUT2D eigenvalue weighted by Crippen LogP contribution is -2.08. The number of carbonyl (C=O) groups is 1. The van der Waals surface area contributed by atoms with E-state index in [4.69, 9.17) is 9.84 Å². The fraction of sp³-hybridized carbons (Fsp3) is 0.462. The second-order valence-electron chi connectivity index (χ2n) is 3.98. The molecule has 4 nitrogen and oxygen atoms in total. The summed E-state index contributed by atoms with van der Waals surface area (Å²) in [4.78, 5) is 11.1. The molecule has 0 aliphatic rings. The summed E-state index contributed by atoms with van der Waals surface area (Å²) >= 11 is 3.27. The molecule has 0 saturated heterocycles. The Balaban J connectivity index is 2.44. The first-order valence-corrected chi connectivity index (χ1v) is 6.70. The van der Waals surface area contributed by atoms with Gasteiger partial charge >= 0.3 is 5.97 Å². The molecule has 5 heteroatoms. The Bertz CT molecular complexity index is 396. The number of rotatable bonds is 8. The van der Waals surface area contributed by atoms with Gasteiger partial charge in [-0.1, -0.05) is 15.9 Å². The van der Waals surface area contributed by atoms with Crippen LogP contribution in [0.3, 0.4) is 0 Å². The number of hydrogen-bond acceptors (Lipinski definition) is 3. The van der Waals surface area contributed by atoms with E-state index in [0.29, 0.717) is 11.3 Å². The molecule has 0 fully saturated rings. The van der Waals surface area contributed by atoms with Gasteiger partial charge in [-0.15, -0.1) is 0 Å². The van der Waals surface area contributed by atoms with Gasteiger partial charge in [0.05, 0.1) is 5.56 Å². The molecule has 0 aliphatic heterocycles. The fourth-order valence-corrected chi connectivity index (χ4v) is 1.98. The van der Waals surface area contributed by atoms with Crippen molar-refractivity contribution in [2.45, 2.75) is 19.3 Å². The number of nitrogens with one attached hydrogen (secondary N) is 1. The minimum Gasteiger partial charge on any atom is -0.478 e. The first-order valence-electron chi connectivity index (χ1n) is 5.91. The molecule has 0 saturated carbocycles. The summed E-state index contributed by atoms with van der Waals surface area (Å²) in [6, 6.07) is 5.22. The van der Waals surface area contributed by atoms with Crippen molar-refractivity contribution in [3.05, 3.63) is 28.2 Å². The van der Waals surface area contributed by atoms with Crippen molar-refractivity contribution < 1.29 is 14.6 Å². The van der Waals surface area contributed by atoms with Crippen LogP contribution in [0, 0.1) is 0 Å². The molecule has 0 atom stereocenters. The van der Waals surface area contributed by atoms with Crippen LogP contribution in [0.15, 0.2) is 22.7 Å². The number of halogens is 1. The first kappa shape index (κ1) is 15.0. The number of carboxylic acids is 1. The van der Waals surface area contributed by atoms with Crippen LogP contribution in [-0.4, -0.2) is 31.3 Å². The molecule has 0 aromatic heterocycles. The van der Waals surface area contributed by atoms with Crippen molar-refractivity contribution in [3.8, 4) is 0 Å². The maximum absolute atomic E-state index is 11.1. The lowest BCUT2D eigenvalue weighted by Gasteiger charge is -2.09. The Hall–Kier alpha value is -1.07. The van der Waals surface area contributed by atoms with E-state index >= 15 is 0 Å². The molecule has 0 unspecified atom stereocenters. The zero-order valence-corrected chi connectivity index (χ0v) is 12.0. The largest absolute Gasteiger partial charge is 0.478 e. The molecular formula is C13H18BrNO3. The zero-order chi connectivity index (χ0) is 13.4. The molecule has 0 bridgehead atoms. The third-order valence-electron chi connectivity index (χ3n) is 2.55. The number of hydrogen-bond donors (Lipinski definition) is 2. The minimum atomic E-state index is -0.918. The Morgan fingerprint density at radius 3 is 2.83 bits per heavy atom. The third kappa shape index (κ3) is 5.06. The number of carboxylic acid groups (broad SMARTS) is 1. The van der Waals surface area contributed by atoms with E-state index in [1.165, 1.54) is 0 Å². The molecular weight excluding hydrogens is 298 g/mol. The molecule has 18 heavy (non-hydrogen) atoms. The molecule has 1 aromatic rings. The van der Waals surface area contributed by atoms with Crippen LogP contribution >= 0.6 is 15.9 Å². The molecule has 1 aromatic carbocycles. The summed E-state index contributed by atoms with van der Waals surface area (Å²) in [6.07, 6.45) is 3.10. The summed E-state index contributed by atoms with van der Waals surface area (Å²) in [5.74, 6) is -0.918. The van der Waals surface area contributed by atoms with Crippen molar-refractivity contribution in [2.75, 3.05) is 25.6 Å². The topological polar surface area (TPSA) is 58.6 Å². The number of ether oxygens (including phenoxy) is 1. The van der Waals surface area contributed by atoms with Crippen LogP contribution in [-0.2, 0) is 4.74 Å². The molecule has 0 radical (unpaired) electrons. The van der Waals surface area contributed by atoms with E-state index in [9.17, 15) is 4.79 Å². The Labute approximate surface area is 115 Å². The fourth-order valence-electron chi connectivity index (χ4n) is 1.62. The monoisotopic (exact) mass is 315 g/mol. The van der Waals surface area contributed by atoms with Crippen LogP contribution in [0.1, 0.15) is 29.6 Å². The summed E-state index contributed by atoms with van der Waals surface area (Å²) in [6.45, 7) is 1.55. The molecule has 0 heterocycles. The summed E-state index contributed by atoms with van der Waals surface area (Å²) in [7, 11) is 1.69. The van der Waals surface area contributed by atoms with Gasteiger partial charge in [0.2, 0.25) is 0 Å². The zero-order valence-electron chi connectivity index (χ0n) is 10.4. The third-order valence-corrected chi connectivity index (χ3v) is 3.05. The number of anilines is 1. The maximum Gasteiger partial charge on any atom is 0.337 e. The van der Waals surface area contributed by atoms with Gasteiger partial charge in [0.25, 0.3) is 0 Å². The van der Waals surface area contributed by atoms with Gasteiger partial charge in [-0.25, -0.2) is 4.79 Å². The number of methoxy groups -OCH3 is 1. The van der Waals surface area contributed by atoms with Crippen LogP contribution < -0.4 is 5.32 Å². The van der Waals surface area contributed by atoms with Gasteiger partial charge in [-0.2, -0.15) is 0 Å². The minimum absolute atomic E-state index is 0.293. The van der Waals surface area contributed by atoms with Gasteiger partial charge in [0, 0.05) is 30.4 Å². The second-order valence-corrected chi connectivity index (χ2v) is 4.89. The van der Waals surface area contributed by atoms with Gasteiger partial charge in [-0.3, -0.25) is 0 Å². The summed E-state index contributed by atoms with van der Waals surface area (Å²) in [5, 5.41) is 12.2. The quantitative estimate of drug-likeness (QED) is 0.722. The SMILES string of the molecule is COCCCCCNc1ccc(Br)cc1C(=O)O. The van der Waals surface area contributed by atoms with E-state index in [0.717, 1.165) is 36.9 Å². The average molecular weight is 316 g/mol. The van der Waals surface area contributed by atoms with Gasteiger partial charge < -0.3 is 15.2 Å². The maximum atomic E-state index is 11.1. The Morgan fingerprint density at radius 2 is 2.17 bits per heavy atom.